The van der Waals surface area contributed by atoms with Crippen molar-refractivity contribution in [1.29, 1.82) is 0 Å². The first-order valence-corrected chi connectivity index (χ1v) is 10.4. The third kappa shape index (κ3) is 6.04. The van der Waals surface area contributed by atoms with E-state index in [1.165, 1.54) is 19.2 Å². The zero-order chi connectivity index (χ0) is 23.8. The molecule has 0 saturated heterocycles. The Bertz CT molecular complexity index is 1110. The average Bonchev–Trinajstić information content (AvgIpc) is 2.82. The van der Waals surface area contributed by atoms with E-state index in [1.54, 1.807) is 13.3 Å². The topological polar surface area (TPSA) is 77.8 Å². The molecule has 0 aliphatic carbocycles. The monoisotopic (exact) mass is 454 g/mol. The predicted molar refractivity (Wildman–Crippen MR) is 121 cm³/mol. The highest BCUT2D eigenvalue weighted by Gasteiger charge is 2.17. The van der Waals surface area contributed by atoms with Gasteiger partial charge in [0.2, 0.25) is 0 Å². The van der Waals surface area contributed by atoms with Crippen LogP contribution in [0, 0.1) is 16.5 Å². The summed E-state index contributed by atoms with van der Waals surface area (Å²) < 4.78 is 38.7. The van der Waals surface area contributed by atoms with Crippen molar-refractivity contribution in [2.75, 3.05) is 20.8 Å². The maximum absolute atomic E-state index is 14.4. The van der Waals surface area contributed by atoms with Gasteiger partial charge in [-0.25, -0.2) is 8.78 Å². The molecule has 3 rings (SSSR count). The Morgan fingerprint density at radius 1 is 0.970 bits per heavy atom. The minimum Gasteiger partial charge on any atom is -0.491 e. The van der Waals surface area contributed by atoms with E-state index in [9.17, 15) is 18.5 Å². The Hall–Kier alpha value is -3.52. The number of methoxy groups -OCH3 is 2. The van der Waals surface area contributed by atoms with Crippen LogP contribution in [0.3, 0.4) is 0 Å². The van der Waals surface area contributed by atoms with Gasteiger partial charge in [0.15, 0.2) is 17.4 Å². The van der Waals surface area contributed by atoms with Gasteiger partial charge in [0.05, 0.1) is 12.8 Å². The molecule has 1 amide bonds. The van der Waals surface area contributed by atoms with Gasteiger partial charge in [0.25, 0.3) is 5.91 Å². The zero-order valence-electron chi connectivity index (χ0n) is 18.4. The Morgan fingerprint density at radius 3 is 2.27 bits per heavy atom. The minimum absolute atomic E-state index is 0.0367. The van der Waals surface area contributed by atoms with Gasteiger partial charge >= 0.3 is 0 Å². The molecule has 0 aliphatic rings. The molecule has 33 heavy (non-hydrogen) atoms. The Morgan fingerprint density at radius 2 is 1.67 bits per heavy atom. The van der Waals surface area contributed by atoms with Gasteiger partial charge in [-0.3, -0.25) is 9.78 Å². The van der Waals surface area contributed by atoms with Crippen LogP contribution in [-0.4, -0.2) is 31.7 Å². The standard InChI is InChI=1S/C25H24F2N2O4/c1-32-11-3-4-17-12-20(18-8-5-16(6-9-18)7-10-23(30)29-31)24(28-15-17)19-13-21(26)25(33-2)22(27)14-19/h5-6,8-9,12-15H,3-4,7,10-11H2,1-2H3. The van der Waals surface area contributed by atoms with E-state index in [0.717, 1.165) is 29.5 Å². The molecule has 0 saturated carbocycles. The number of carbonyl (C=O) groups is 1. The van der Waals surface area contributed by atoms with Gasteiger partial charge in [-0.1, -0.05) is 24.3 Å². The number of hydrogen-bond acceptors (Lipinski definition) is 5. The van der Waals surface area contributed by atoms with Crippen LogP contribution in [0.5, 0.6) is 5.75 Å². The molecule has 0 radical (unpaired) electrons. The van der Waals surface area contributed by atoms with E-state index >= 15 is 0 Å². The van der Waals surface area contributed by atoms with E-state index in [1.807, 2.05) is 30.3 Å². The first kappa shape index (κ1) is 24.1. The van der Waals surface area contributed by atoms with Crippen molar-refractivity contribution in [2.24, 2.45) is 5.18 Å². The van der Waals surface area contributed by atoms with Crippen molar-refractivity contribution >= 4 is 5.91 Å². The number of halogens is 2. The molecule has 1 heterocycles. The van der Waals surface area contributed by atoms with Crippen LogP contribution < -0.4 is 4.74 Å². The highest BCUT2D eigenvalue weighted by atomic mass is 19.1. The van der Waals surface area contributed by atoms with Crippen LogP contribution in [0.15, 0.2) is 53.8 Å². The second-order valence-electron chi connectivity index (χ2n) is 7.49. The number of pyridine rings is 1. The second-order valence-corrected chi connectivity index (χ2v) is 7.49. The van der Waals surface area contributed by atoms with E-state index in [-0.39, 0.29) is 12.0 Å². The van der Waals surface area contributed by atoms with Gasteiger partial charge in [-0.05, 0) is 54.2 Å². The summed E-state index contributed by atoms with van der Waals surface area (Å²) in [5, 5.41) is 2.40. The van der Waals surface area contributed by atoms with Crippen molar-refractivity contribution in [2.45, 2.75) is 25.7 Å². The molecular weight excluding hydrogens is 430 g/mol. The fourth-order valence-electron chi connectivity index (χ4n) is 3.55. The van der Waals surface area contributed by atoms with Crippen LogP contribution in [-0.2, 0) is 22.4 Å². The van der Waals surface area contributed by atoms with Crippen molar-refractivity contribution in [1.82, 2.24) is 4.98 Å². The molecule has 1 aromatic heterocycles. The van der Waals surface area contributed by atoms with Crippen molar-refractivity contribution < 1.29 is 23.0 Å². The Labute approximate surface area is 190 Å². The van der Waals surface area contributed by atoms with Gasteiger partial charge in [0, 0.05) is 42.6 Å². The second kappa shape index (κ2) is 11.4. The number of benzene rings is 2. The van der Waals surface area contributed by atoms with Gasteiger partial charge in [-0.2, -0.15) is 0 Å². The van der Waals surface area contributed by atoms with E-state index in [2.05, 4.69) is 10.2 Å². The third-order valence-corrected chi connectivity index (χ3v) is 5.23. The quantitative estimate of drug-likeness (QED) is 0.298. The first-order chi connectivity index (χ1) is 16.0. The molecule has 0 atom stereocenters. The summed E-state index contributed by atoms with van der Waals surface area (Å²) in [6.07, 6.45) is 3.66. The van der Waals surface area contributed by atoms with E-state index < -0.39 is 23.3 Å². The Balaban J connectivity index is 2.01. The number of rotatable bonds is 10. The molecular formula is C25H24F2N2O4. The molecule has 172 valence electrons. The first-order valence-electron chi connectivity index (χ1n) is 10.4. The lowest BCUT2D eigenvalue weighted by molar-refractivity contribution is -0.117. The largest absolute Gasteiger partial charge is 0.491 e. The fourth-order valence-corrected chi connectivity index (χ4v) is 3.55. The van der Waals surface area contributed by atoms with E-state index in [0.29, 0.717) is 24.3 Å². The van der Waals surface area contributed by atoms with Crippen molar-refractivity contribution in [3.05, 3.63) is 76.3 Å². The van der Waals surface area contributed by atoms with Gasteiger partial charge in [-0.15, -0.1) is 4.91 Å². The summed E-state index contributed by atoms with van der Waals surface area (Å²) in [7, 11) is 2.85. The number of ether oxygens (including phenoxy) is 2. The minimum atomic E-state index is -0.812. The Kier molecular flexibility index (Phi) is 8.32. The molecule has 0 fully saturated rings. The molecule has 3 aromatic rings. The smallest absolute Gasteiger partial charge is 0.286 e. The lowest BCUT2D eigenvalue weighted by Gasteiger charge is -2.14. The SMILES string of the molecule is COCCCc1cnc(-c2cc(F)c(OC)c(F)c2)c(-c2ccc(CCC(=O)N=O)cc2)c1. The molecule has 8 heteroatoms. The highest BCUT2D eigenvalue weighted by molar-refractivity contribution is 5.81. The summed E-state index contributed by atoms with van der Waals surface area (Å²) >= 11 is 0. The number of amides is 1. The molecule has 0 unspecified atom stereocenters. The van der Waals surface area contributed by atoms with Crippen LogP contribution in [0.2, 0.25) is 0 Å². The summed E-state index contributed by atoms with van der Waals surface area (Å²) in [5.41, 5.74) is 4.06. The predicted octanol–water partition coefficient (Wildman–Crippen LogP) is 5.51. The summed E-state index contributed by atoms with van der Waals surface area (Å²) in [6, 6.07) is 11.7. The fraction of sp³-hybridized carbons (Fsp3) is 0.280. The average molecular weight is 454 g/mol. The van der Waals surface area contributed by atoms with Gasteiger partial charge < -0.3 is 9.47 Å². The molecule has 2 aromatic carbocycles. The maximum atomic E-state index is 14.4. The van der Waals surface area contributed by atoms with Crippen LogP contribution >= 0.6 is 0 Å². The number of nitrogens with zero attached hydrogens (tertiary/aromatic N) is 2. The van der Waals surface area contributed by atoms with Crippen LogP contribution in [0.1, 0.15) is 24.0 Å². The maximum Gasteiger partial charge on any atom is 0.286 e. The third-order valence-electron chi connectivity index (χ3n) is 5.23. The van der Waals surface area contributed by atoms with Crippen molar-refractivity contribution in [3.63, 3.8) is 0 Å². The zero-order valence-corrected chi connectivity index (χ0v) is 18.4. The molecule has 0 aliphatic heterocycles. The van der Waals surface area contributed by atoms with E-state index in [4.69, 9.17) is 9.47 Å². The van der Waals surface area contributed by atoms with Crippen molar-refractivity contribution in [3.8, 4) is 28.1 Å². The lowest BCUT2D eigenvalue weighted by atomic mass is 9.95. The summed E-state index contributed by atoms with van der Waals surface area (Å²) in [4.78, 5) is 26.0. The molecule has 0 N–H and O–H groups in total. The number of carbonyl (C=O) groups excluding carboxylic acids is 1. The number of nitroso groups, excluding NO2 is 1. The van der Waals surface area contributed by atoms with Crippen LogP contribution in [0.4, 0.5) is 8.78 Å². The lowest BCUT2D eigenvalue weighted by Crippen LogP contribution is -1.99. The molecule has 0 spiro atoms. The number of aromatic nitrogens is 1. The van der Waals surface area contributed by atoms with Crippen LogP contribution in [0.25, 0.3) is 22.4 Å². The number of hydrogen-bond donors (Lipinski definition) is 0. The normalized spacial score (nSPS) is 10.8. The molecule has 6 nitrogen and oxygen atoms in total. The van der Waals surface area contributed by atoms with Gasteiger partial charge in [0.1, 0.15) is 0 Å². The molecule has 0 bridgehead atoms. The summed E-state index contributed by atoms with van der Waals surface area (Å²) in [6.45, 7) is 0.606. The summed E-state index contributed by atoms with van der Waals surface area (Å²) in [5.74, 6) is -2.76. The number of aryl methyl sites for hydroxylation is 2. The highest BCUT2D eigenvalue weighted by Crippen LogP contribution is 2.35.